The third kappa shape index (κ3) is 3.94. The summed E-state index contributed by atoms with van der Waals surface area (Å²) in [4.78, 5) is 13.5. The molecule has 0 atom stereocenters. The van der Waals surface area contributed by atoms with Crippen LogP contribution in [-0.4, -0.2) is 42.8 Å². The molecule has 0 unspecified atom stereocenters. The highest BCUT2D eigenvalue weighted by Gasteiger charge is 2.34. The van der Waals surface area contributed by atoms with E-state index in [9.17, 15) is 4.79 Å². The van der Waals surface area contributed by atoms with Crippen molar-refractivity contribution in [3.63, 3.8) is 0 Å². The van der Waals surface area contributed by atoms with Gasteiger partial charge in [0.2, 0.25) is 0 Å². The number of nitrogens with one attached hydrogen (secondary N) is 1. The van der Waals surface area contributed by atoms with Gasteiger partial charge in [-0.1, -0.05) is 17.7 Å². The highest BCUT2D eigenvalue weighted by atomic mass is 35.5. The number of nitrogens with zero attached hydrogens (tertiary/aromatic N) is 1. The first-order valence-electron chi connectivity index (χ1n) is 6.87. The van der Waals surface area contributed by atoms with E-state index in [1.54, 1.807) is 18.1 Å². The van der Waals surface area contributed by atoms with Gasteiger partial charge in [0, 0.05) is 13.1 Å². The molecule has 1 amide bonds. The van der Waals surface area contributed by atoms with E-state index in [0.29, 0.717) is 23.9 Å². The molecule has 5 nitrogen and oxygen atoms in total. The fourth-order valence-corrected chi connectivity index (χ4v) is 2.35. The number of para-hydroxylation sites is 1. The monoisotopic (exact) mass is 312 g/mol. The lowest BCUT2D eigenvalue weighted by molar-refractivity contribution is 0.0105. The SMILES string of the molecule is COc1c(Cl)cccc1NC1CN(C(=O)OC(C)(C)C)C1. The summed E-state index contributed by atoms with van der Waals surface area (Å²) >= 11 is 6.08. The van der Waals surface area contributed by atoms with Crippen LogP contribution in [0.5, 0.6) is 5.75 Å². The molecule has 1 N–H and O–H groups in total. The van der Waals surface area contributed by atoms with E-state index in [1.165, 1.54) is 0 Å². The lowest BCUT2D eigenvalue weighted by atomic mass is 10.1. The van der Waals surface area contributed by atoms with Gasteiger partial charge in [-0.3, -0.25) is 0 Å². The maximum atomic E-state index is 11.8. The van der Waals surface area contributed by atoms with Crippen LogP contribution in [0.4, 0.5) is 10.5 Å². The summed E-state index contributed by atoms with van der Waals surface area (Å²) in [6, 6.07) is 5.71. The van der Waals surface area contributed by atoms with Gasteiger partial charge in [-0.15, -0.1) is 0 Å². The van der Waals surface area contributed by atoms with E-state index in [-0.39, 0.29) is 12.1 Å². The number of halogens is 1. The van der Waals surface area contributed by atoms with Gasteiger partial charge in [-0.25, -0.2) is 4.79 Å². The summed E-state index contributed by atoms with van der Waals surface area (Å²) in [6.07, 6.45) is -0.279. The van der Waals surface area contributed by atoms with Crippen molar-refractivity contribution in [1.29, 1.82) is 0 Å². The minimum absolute atomic E-state index is 0.171. The number of carbonyl (C=O) groups is 1. The van der Waals surface area contributed by atoms with Crippen LogP contribution in [0.15, 0.2) is 18.2 Å². The molecule has 2 rings (SSSR count). The number of ether oxygens (including phenoxy) is 2. The number of hydrogen-bond acceptors (Lipinski definition) is 4. The molecule has 0 bridgehead atoms. The zero-order valence-electron chi connectivity index (χ0n) is 12.8. The van der Waals surface area contributed by atoms with E-state index < -0.39 is 5.60 Å². The number of rotatable bonds is 3. The molecule has 0 aliphatic carbocycles. The molecule has 1 aromatic rings. The summed E-state index contributed by atoms with van der Waals surface area (Å²) in [5, 5.41) is 3.89. The number of hydrogen-bond donors (Lipinski definition) is 1. The van der Waals surface area contributed by atoms with Crippen molar-refractivity contribution < 1.29 is 14.3 Å². The fraction of sp³-hybridized carbons (Fsp3) is 0.533. The summed E-state index contributed by atoms with van der Waals surface area (Å²) in [7, 11) is 1.58. The molecular weight excluding hydrogens is 292 g/mol. The van der Waals surface area contributed by atoms with E-state index >= 15 is 0 Å². The van der Waals surface area contributed by atoms with Crippen molar-refractivity contribution in [3.05, 3.63) is 23.2 Å². The van der Waals surface area contributed by atoms with Crippen molar-refractivity contribution in [2.45, 2.75) is 32.4 Å². The minimum atomic E-state index is -0.466. The van der Waals surface area contributed by atoms with Crippen LogP contribution in [0.2, 0.25) is 5.02 Å². The molecule has 0 radical (unpaired) electrons. The van der Waals surface area contributed by atoms with Crippen LogP contribution in [0.25, 0.3) is 0 Å². The van der Waals surface area contributed by atoms with Gasteiger partial charge in [-0.2, -0.15) is 0 Å². The lowest BCUT2D eigenvalue weighted by Crippen LogP contribution is -2.57. The predicted octanol–water partition coefficient (Wildman–Crippen LogP) is 3.38. The van der Waals surface area contributed by atoms with Crippen molar-refractivity contribution >= 4 is 23.4 Å². The molecule has 1 heterocycles. The Morgan fingerprint density at radius 1 is 1.38 bits per heavy atom. The molecule has 1 saturated heterocycles. The van der Waals surface area contributed by atoms with Crippen LogP contribution in [0, 0.1) is 0 Å². The number of likely N-dealkylation sites (tertiary alicyclic amines) is 1. The van der Waals surface area contributed by atoms with Gasteiger partial charge in [0.15, 0.2) is 5.75 Å². The Balaban J connectivity index is 1.89. The van der Waals surface area contributed by atoms with Gasteiger partial charge in [-0.05, 0) is 32.9 Å². The first kappa shape index (κ1) is 15.8. The first-order chi connectivity index (χ1) is 9.80. The molecule has 1 aliphatic rings. The molecule has 1 fully saturated rings. The van der Waals surface area contributed by atoms with E-state index in [1.807, 2.05) is 32.9 Å². The van der Waals surface area contributed by atoms with Gasteiger partial charge >= 0.3 is 6.09 Å². The lowest BCUT2D eigenvalue weighted by Gasteiger charge is -2.40. The van der Waals surface area contributed by atoms with Crippen molar-refractivity contribution in [2.75, 3.05) is 25.5 Å². The standard InChI is InChI=1S/C15H21ClN2O3/c1-15(2,3)21-14(19)18-8-10(9-18)17-12-7-5-6-11(16)13(12)20-4/h5-7,10,17H,8-9H2,1-4H3. The summed E-state index contributed by atoms with van der Waals surface area (Å²) in [5.74, 6) is 0.620. The number of benzene rings is 1. The molecule has 1 aromatic carbocycles. The summed E-state index contributed by atoms with van der Waals surface area (Å²) < 4.78 is 10.6. The Kier molecular flexibility index (Phi) is 4.52. The summed E-state index contributed by atoms with van der Waals surface area (Å²) in [6.45, 7) is 6.78. The zero-order valence-corrected chi connectivity index (χ0v) is 13.5. The van der Waals surface area contributed by atoms with Crippen LogP contribution < -0.4 is 10.1 Å². The van der Waals surface area contributed by atoms with E-state index in [4.69, 9.17) is 21.1 Å². The number of carbonyl (C=O) groups excluding carboxylic acids is 1. The second-order valence-corrected chi connectivity index (χ2v) is 6.45. The van der Waals surface area contributed by atoms with Crippen LogP contribution in [-0.2, 0) is 4.74 Å². The normalized spacial score (nSPS) is 15.4. The van der Waals surface area contributed by atoms with E-state index in [2.05, 4.69) is 5.32 Å². The Morgan fingerprint density at radius 3 is 2.62 bits per heavy atom. The quantitative estimate of drug-likeness (QED) is 0.929. The third-order valence-electron chi connectivity index (χ3n) is 3.06. The highest BCUT2D eigenvalue weighted by molar-refractivity contribution is 6.32. The second kappa shape index (κ2) is 6.02. The number of anilines is 1. The molecule has 0 saturated carbocycles. The third-order valence-corrected chi connectivity index (χ3v) is 3.36. The molecule has 0 aromatic heterocycles. The van der Waals surface area contributed by atoms with Crippen LogP contribution in [0.3, 0.4) is 0 Å². The highest BCUT2D eigenvalue weighted by Crippen LogP contribution is 2.33. The fourth-order valence-electron chi connectivity index (χ4n) is 2.10. The Bertz CT molecular complexity index is 522. The molecule has 1 aliphatic heterocycles. The molecule has 0 spiro atoms. The zero-order chi connectivity index (χ0) is 15.6. The van der Waals surface area contributed by atoms with E-state index in [0.717, 1.165) is 5.69 Å². The molecular formula is C15H21ClN2O3. The Hall–Kier alpha value is -1.62. The maximum Gasteiger partial charge on any atom is 0.410 e. The number of methoxy groups -OCH3 is 1. The van der Waals surface area contributed by atoms with Crippen LogP contribution >= 0.6 is 11.6 Å². The van der Waals surface area contributed by atoms with Gasteiger partial charge in [0.25, 0.3) is 0 Å². The topological polar surface area (TPSA) is 50.8 Å². The molecule has 6 heteroatoms. The second-order valence-electron chi connectivity index (χ2n) is 6.05. The molecule has 116 valence electrons. The van der Waals surface area contributed by atoms with Crippen molar-refractivity contribution in [1.82, 2.24) is 4.90 Å². The maximum absolute atomic E-state index is 11.8. The van der Waals surface area contributed by atoms with Gasteiger partial charge < -0.3 is 19.7 Å². The smallest absolute Gasteiger partial charge is 0.410 e. The average molecular weight is 313 g/mol. The number of amides is 1. The van der Waals surface area contributed by atoms with Crippen molar-refractivity contribution in [3.8, 4) is 5.75 Å². The Morgan fingerprint density at radius 2 is 2.05 bits per heavy atom. The first-order valence-corrected chi connectivity index (χ1v) is 7.25. The molecule has 21 heavy (non-hydrogen) atoms. The summed E-state index contributed by atoms with van der Waals surface area (Å²) in [5.41, 5.74) is 0.366. The Labute approximate surface area is 130 Å². The van der Waals surface area contributed by atoms with Gasteiger partial charge in [0.1, 0.15) is 5.60 Å². The predicted molar refractivity (Wildman–Crippen MR) is 83.2 cm³/mol. The average Bonchev–Trinajstić information content (AvgIpc) is 2.30. The van der Waals surface area contributed by atoms with Crippen LogP contribution in [0.1, 0.15) is 20.8 Å². The largest absolute Gasteiger partial charge is 0.493 e. The van der Waals surface area contributed by atoms with Gasteiger partial charge in [0.05, 0.1) is 23.9 Å². The minimum Gasteiger partial charge on any atom is -0.493 e. The van der Waals surface area contributed by atoms with Crippen molar-refractivity contribution in [2.24, 2.45) is 0 Å².